The third kappa shape index (κ3) is 5.17. The van der Waals surface area contributed by atoms with Gasteiger partial charge in [-0.1, -0.05) is 0 Å². The van der Waals surface area contributed by atoms with E-state index in [9.17, 15) is 15.0 Å². The Labute approximate surface area is 86.5 Å². The highest BCUT2D eigenvalue weighted by Crippen LogP contribution is 2.04. The van der Waals surface area contributed by atoms with Crippen LogP contribution in [0.2, 0.25) is 0 Å². The molecule has 0 aromatic rings. The molecule has 0 aliphatic heterocycles. The van der Waals surface area contributed by atoms with E-state index in [2.05, 4.69) is 4.74 Å². The number of rotatable bonds is 8. The van der Waals surface area contributed by atoms with Gasteiger partial charge in [0.05, 0.1) is 19.8 Å². The molecule has 0 bridgehead atoms. The molecule has 7 heteroatoms. The fourth-order valence-electron chi connectivity index (χ4n) is 0.877. The van der Waals surface area contributed by atoms with Gasteiger partial charge in [-0.25, -0.2) is 0 Å². The maximum Gasteiger partial charge on any atom is 0.151 e. The van der Waals surface area contributed by atoms with Crippen molar-refractivity contribution in [3.05, 3.63) is 0 Å². The molecule has 0 aliphatic rings. The highest BCUT2D eigenvalue weighted by molar-refractivity contribution is 5.56. The molecule has 0 fully saturated rings. The van der Waals surface area contributed by atoms with Crippen LogP contribution in [0.15, 0.2) is 0 Å². The van der Waals surface area contributed by atoms with Crippen LogP contribution in [0, 0.1) is 0 Å². The zero-order valence-corrected chi connectivity index (χ0v) is 8.06. The molecule has 0 spiro atoms. The molecule has 0 amide bonds. The van der Waals surface area contributed by atoms with Gasteiger partial charge >= 0.3 is 0 Å². The monoisotopic (exact) mass is 224 g/mol. The first-order valence-corrected chi connectivity index (χ1v) is 4.40. The lowest BCUT2D eigenvalue weighted by molar-refractivity contribution is -0.138. The maximum atomic E-state index is 10.1. The molecule has 0 unspecified atom stereocenters. The highest BCUT2D eigenvalue weighted by atomic mass is 16.5. The normalized spacial score (nSPS) is 19.3. The lowest BCUT2D eigenvalue weighted by atomic mass is 10.0. The number of carbonyl (C=O) groups excluding carboxylic acids is 1. The van der Waals surface area contributed by atoms with Gasteiger partial charge in [-0.05, 0) is 0 Å². The number of aliphatic hydroxyl groups is 5. The zero-order valence-electron chi connectivity index (χ0n) is 8.06. The Bertz CT molecular complexity index is 174. The topological polar surface area (TPSA) is 127 Å². The van der Waals surface area contributed by atoms with Crippen LogP contribution in [0.25, 0.3) is 0 Å². The minimum absolute atomic E-state index is 0.0177. The van der Waals surface area contributed by atoms with Gasteiger partial charge < -0.3 is 35.1 Å². The Morgan fingerprint density at radius 3 is 2.20 bits per heavy atom. The summed E-state index contributed by atoms with van der Waals surface area (Å²) in [6, 6.07) is 0. The molecule has 0 rings (SSSR count). The minimum atomic E-state index is -1.77. The summed E-state index contributed by atoms with van der Waals surface area (Å²) in [5, 5.41) is 44.8. The second-order valence-electron chi connectivity index (χ2n) is 2.97. The molecule has 7 nitrogen and oxygen atoms in total. The predicted molar refractivity (Wildman–Crippen MR) is 48.0 cm³/mol. The summed E-state index contributed by atoms with van der Waals surface area (Å²) in [5.74, 6) is 0. The average molecular weight is 224 g/mol. The molecule has 0 heterocycles. The van der Waals surface area contributed by atoms with Crippen molar-refractivity contribution in [2.75, 3.05) is 19.8 Å². The number of carbonyl (C=O) groups is 1. The molecule has 0 radical (unpaired) electrons. The Morgan fingerprint density at radius 2 is 1.73 bits per heavy atom. The van der Waals surface area contributed by atoms with Gasteiger partial charge in [0.25, 0.3) is 0 Å². The van der Waals surface area contributed by atoms with E-state index in [4.69, 9.17) is 15.3 Å². The predicted octanol–water partition coefficient (Wildman–Crippen LogP) is -3.36. The van der Waals surface area contributed by atoms with Crippen LogP contribution < -0.4 is 0 Å². The first-order chi connectivity index (χ1) is 7.04. The SMILES string of the molecule is O=C[C@H](O)[C@@H](O)[C@H](O)[C@H](O)COCCO. The fraction of sp³-hybridized carbons (Fsp3) is 0.875. The molecule has 4 atom stereocenters. The molecule has 0 aromatic heterocycles. The van der Waals surface area contributed by atoms with Crippen LogP contribution in [0.4, 0.5) is 0 Å². The summed E-state index contributed by atoms with van der Waals surface area (Å²) < 4.78 is 4.69. The third-order valence-corrected chi connectivity index (χ3v) is 1.76. The highest BCUT2D eigenvalue weighted by Gasteiger charge is 2.30. The van der Waals surface area contributed by atoms with Gasteiger partial charge in [-0.2, -0.15) is 0 Å². The summed E-state index contributed by atoms with van der Waals surface area (Å²) in [6.45, 7) is -0.567. The van der Waals surface area contributed by atoms with Crippen LogP contribution in [0.5, 0.6) is 0 Å². The van der Waals surface area contributed by atoms with E-state index in [1.54, 1.807) is 0 Å². The summed E-state index contributed by atoms with van der Waals surface area (Å²) in [4.78, 5) is 10.1. The van der Waals surface area contributed by atoms with Crippen molar-refractivity contribution < 1.29 is 35.1 Å². The van der Waals surface area contributed by atoms with E-state index >= 15 is 0 Å². The van der Waals surface area contributed by atoms with Gasteiger partial charge in [0.1, 0.15) is 24.4 Å². The first kappa shape index (κ1) is 14.4. The molecule has 90 valence electrons. The van der Waals surface area contributed by atoms with E-state index in [1.807, 2.05) is 0 Å². The van der Waals surface area contributed by atoms with E-state index in [0.717, 1.165) is 0 Å². The quantitative estimate of drug-likeness (QED) is 0.215. The van der Waals surface area contributed by atoms with E-state index in [0.29, 0.717) is 0 Å². The molecule has 0 aliphatic carbocycles. The van der Waals surface area contributed by atoms with Crippen molar-refractivity contribution in [2.45, 2.75) is 24.4 Å². The smallest absolute Gasteiger partial charge is 0.151 e. The lowest BCUT2D eigenvalue weighted by Crippen LogP contribution is -2.46. The maximum absolute atomic E-state index is 10.1. The fourth-order valence-corrected chi connectivity index (χ4v) is 0.877. The number of ether oxygens (including phenoxy) is 1. The number of hydrogen-bond donors (Lipinski definition) is 5. The minimum Gasteiger partial charge on any atom is -0.394 e. The molecule has 5 N–H and O–H groups in total. The Kier molecular flexibility index (Phi) is 7.39. The van der Waals surface area contributed by atoms with Gasteiger partial charge in [0, 0.05) is 0 Å². The van der Waals surface area contributed by atoms with E-state index in [-0.39, 0.29) is 26.1 Å². The number of hydrogen-bond acceptors (Lipinski definition) is 7. The number of aldehydes is 1. The van der Waals surface area contributed by atoms with Crippen molar-refractivity contribution in [2.24, 2.45) is 0 Å². The van der Waals surface area contributed by atoms with Crippen LogP contribution in [-0.4, -0.2) is 76.1 Å². The second kappa shape index (κ2) is 7.69. The van der Waals surface area contributed by atoms with Crippen LogP contribution >= 0.6 is 0 Å². The van der Waals surface area contributed by atoms with Crippen molar-refractivity contribution >= 4 is 6.29 Å². The van der Waals surface area contributed by atoms with Gasteiger partial charge in [-0.3, -0.25) is 0 Å². The first-order valence-electron chi connectivity index (χ1n) is 4.40. The van der Waals surface area contributed by atoms with E-state index in [1.165, 1.54) is 0 Å². The zero-order chi connectivity index (χ0) is 11.8. The molecular weight excluding hydrogens is 208 g/mol. The lowest BCUT2D eigenvalue weighted by Gasteiger charge is -2.23. The summed E-state index contributed by atoms with van der Waals surface area (Å²) in [7, 11) is 0. The van der Waals surface area contributed by atoms with E-state index < -0.39 is 24.4 Å². The van der Waals surface area contributed by atoms with Crippen molar-refractivity contribution in [3.63, 3.8) is 0 Å². The van der Waals surface area contributed by atoms with Gasteiger partial charge in [0.15, 0.2) is 6.29 Å². The van der Waals surface area contributed by atoms with Crippen LogP contribution in [-0.2, 0) is 9.53 Å². The molecule has 0 saturated carbocycles. The molecule has 0 saturated heterocycles. The van der Waals surface area contributed by atoms with Gasteiger partial charge in [0.2, 0.25) is 0 Å². The molecular formula is C8H16O7. The summed E-state index contributed by atoms with van der Waals surface area (Å²) in [6.07, 6.45) is -6.61. The van der Waals surface area contributed by atoms with Crippen molar-refractivity contribution in [1.29, 1.82) is 0 Å². The van der Waals surface area contributed by atoms with Gasteiger partial charge in [-0.15, -0.1) is 0 Å². The average Bonchev–Trinajstić information content (AvgIpc) is 2.26. The third-order valence-electron chi connectivity index (χ3n) is 1.76. The van der Waals surface area contributed by atoms with Crippen LogP contribution in [0.3, 0.4) is 0 Å². The molecule has 15 heavy (non-hydrogen) atoms. The summed E-state index contributed by atoms with van der Waals surface area (Å²) >= 11 is 0. The Morgan fingerprint density at radius 1 is 1.13 bits per heavy atom. The van der Waals surface area contributed by atoms with Crippen LogP contribution in [0.1, 0.15) is 0 Å². The van der Waals surface area contributed by atoms with Crippen molar-refractivity contribution in [3.8, 4) is 0 Å². The molecule has 0 aromatic carbocycles. The number of aliphatic hydroxyl groups excluding tert-OH is 5. The standard InChI is InChI=1S/C8H16O7/c9-1-2-15-4-6(12)8(14)7(13)5(11)3-10/h3,5-9,11-14H,1-2,4H2/t5-,6+,7+,8+/m0/s1. The van der Waals surface area contributed by atoms with Crippen molar-refractivity contribution in [1.82, 2.24) is 0 Å². The second-order valence-corrected chi connectivity index (χ2v) is 2.97. The Hall–Kier alpha value is -0.570. The largest absolute Gasteiger partial charge is 0.394 e. The Balaban J connectivity index is 3.95. The summed E-state index contributed by atoms with van der Waals surface area (Å²) in [5.41, 5.74) is 0.